The van der Waals surface area contributed by atoms with Crippen LogP contribution in [0.25, 0.3) is 11.4 Å². The number of rotatable bonds is 9. The molecular formula is C19H24N4O5. The Morgan fingerprint density at radius 1 is 1.32 bits per heavy atom. The molecule has 0 radical (unpaired) electrons. The molecule has 1 atom stereocenters. The second-order valence-corrected chi connectivity index (χ2v) is 6.48. The number of hydrogen-bond acceptors (Lipinski definition) is 6. The molecule has 28 heavy (non-hydrogen) atoms. The Morgan fingerprint density at radius 2 is 2.21 bits per heavy atom. The van der Waals surface area contributed by atoms with Crippen molar-refractivity contribution in [2.75, 3.05) is 19.8 Å². The molecule has 2 N–H and O–H groups in total. The lowest BCUT2D eigenvalue weighted by atomic mass is 10.2. The molecule has 3 heterocycles. The van der Waals surface area contributed by atoms with E-state index in [0.29, 0.717) is 25.3 Å². The van der Waals surface area contributed by atoms with Gasteiger partial charge in [-0.15, -0.1) is 0 Å². The van der Waals surface area contributed by atoms with Gasteiger partial charge in [0.1, 0.15) is 12.2 Å². The predicted molar refractivity (Wildman–Crippen MR) is 99.7 cm³/mol. The predicted octanol–water partition coefficient (Wildman–Crippen LogP) is 2.00. The van der Waals surface area contributed by atoms with E-state index < -0.39 is 18.3 Å². The second kappa shape index (κ2) is 9.84. The number of carboxylic acids is 1. The molecule has 3 rings (SSSR count). The van der Waals surface area contributed by atoms with Crippen LogP contribution in [0.5, 0.6) is 5.75 Å². The van der Waals surface area contributed by atoms with Gasteiger partial charge < -0.3 is 19.9 Å². The Bertz CT molecular complexity index is 784. The molecule has 1 saturated heterocycles. The number of pyridine rings is 1. The summed E-state index contributed by atoms with van der Waals surface area (Å²) in [6, 6.07) is 5.63. The molecule has 2 aromatic rings. The SMILES string of the molecule is O=C(O)CC(=O)NCCCOc1ccc(-c2ccnn2C2CCCCO2)nc1. The minimum Gasteiger partial charge on any atom is -0.492 e. The van der Waals surface area contributed by atoms with Crippen molar-refractivity contribution in [3.8, 4) is 17.1 Å². The smallest absolute Gasteiger partial charge is 0.312 e. The average molecular weight is 388 g/mol. The van der Waals surface area contributed by atoms with Gasteiger partial charge in [0, 0.05) is 19.3 Å². The van der Waals surface area contributed by atoms with Crippen molar-refractivity contribution in [2.45, 2.75) is 38.3 Å². The summed E-state index contributed by atoms with van der Waals surface area (Å²) in [4.78, 5) is 26.1. The highest BCUT2D eigenvalue weighted by molar-refractivity contribution is 5.93. The minimum atomic E-state index is -1.14. The van der Waals surface area contributed by atoms with E-state index in [9.17, 15) is 9.59 Å². The normalized spacial score (nSPS) is 16.5. The van der Waals surface area contributed by atoms with Crippen molar-refractivity contribution >= 4 is 11.9 Å². The molecule has 0 bridgehead atoms. The van der Waals surface area contributed by atoms with Gasteiger partial charge >= 0.3 is 5.97 Å². The average Bonchev–Trinajstić information content (AvgIpc) is 3.18. The zero-order valence-electron chi connectivity index (χ0n) is 15.5. The molecule has 9 heteroatoms. The largest absolute Gasteiger partial charge is 0.492 e. The summed E-state index contributed by atoms with van der Waals surface area (Å²) in [5.41, 5.74) is 1.69. The van der Waals surface area contributed by atoms with Crippen LogP contribution in [0.3, 0.4) is 0 Å². The van der Waals surface area contributed by atoms with E-state index in [1.807, 2.05) is 22.9 Å². The molecule has 1 amide bonds. The first-order chi connectivity index (χ1) is 13.6. The van der Waals surface area contributed by atoms with Crippen LogP contribution in [0, 0.1) is 0 Å². The number of carbonyl (C=O) groups excluding carboxylic acids is 1. The van der Waals surface area contributed by atoms with Crippen molar-refractivity contribution in [2.24, 2.45) is 0 Å². The minimum absolute atomic E-state index is 0.0483. The molecule has 150 valence electrons. The third-order valence-corrected chi connectivity index (χ3v) is 4.32. The monoisotopic (exact) mass is 388 g/mol. The van der Waals surface area contributed by atoms with Gasteiger partial charge in [-0.25, -0.2) is 4.68 Å². The molecule has 1 aliphatic heterocycles. The van der Waals surface area contributed by atoms with Crippen LogP contribution in [0.2, 0.25) is 0 Å². The molecule has 1 aliphatic rings. The molecule has 0 spiro atoms. The maximum atomic E-state index is 11.2. The van der Waals surface area contributed by atoms with Crippen molar-refractivity contribution in [1.82, 2.24) is 20.1 Å². The van der Waals surface area contributed by atoms with Crippen LogP contribution >= 0.6 is 0 Å². The number of carbonyl (C=O) groups is 2. The van der Waals surface area contributed by atoms with E-state index in [2.05, 4.69) is 15.4 Å². The van der Waals surface area contributed by atoms with Crippen LogP contribution in [0.1, 0.15) is 38.3 Å². The summed E-state index contributed by atoms with van der Waals surface area (Å²) in [5.74, 6) is -1.02. The topological polar surface area (TPSA) is 116 Å². The van der Waals surface area contributed by atoms with Gasteiger partial charge in [0.15, 0.2) is 6.23 Å². The third kappa shape index (κ3) is 5.53. The molecule has 1 fully saturated rings. The molecule has 2 aromatic heterocycles. The second-order valence-electron chi connectivity index (χ2n) is 6.48. The number of carboxylic acid groups (broad SMARTS) is 1. The van der Waals surface area contributed by atoms with Crippen LogP contribution in [0.4, 0.5) is 0 Å². The summed E-state index contributed by atoms with van der Waals surface area (Å²) >= 11 is 0. The summed E-state index contributed by atoms with van der Waals surface area (Å²) < 4.78 is 13.3. The fraction of sp³-hybridized carbons (Fsp3) is 0.474. The third-order valence-electron chi connectivity index (χ3n) is 4.32. The van der Waals surface area contributed by atoms with Crippen LogP contribution in [0.15, 0.2) is 30.6 Å². The van der Waals surface area contributed by atoms with Gasteiger partial charge in [0.2, 0.25) is 5.91 Å². The number of aromatic nitrogens is 3. The van der Waals surface area contributed by atoms with Crippen LogP contribution < -0.4 is 10.1 Å². The van der Waals surface area contributed by atoms with E-state index in [0.717, 1.165) is 37.3 Å². The summed E-state index contributed by atoms with van der Waals surface area (Å²) in [6.07, 6.45) is 6.55. The number of amides is 1. The van der Waals surface area contributed by atoms with Crippen LogP contribution in [-0.2, 0) is 14.3 Å². The highest BCUT2D eigenvalue weighted by Crippen LogP contribution is 2.27. The first-order valence-electron chi connectivity index (χ1n) is 9.36. The molecule has 0 saturated carbocycles. The molecular weight excluding hydrogens is 364 g/mol. The Hall–Kier alpha value is -2.94. The molecule has 9 nitrogen and oxygen atoms in total. The Labute approximate surface area is 162 Å². The summed E-state index contributed by atoms with van der Waals surface area (Å²) in [5, 5.41) is 15.4. The lowest BCUT2D eigenvalue weighted by molar-refractivity contribution is -0.140. The van der Waals surface area contributed by atoms with E-state index in [1.165, 1.54) is 0 Å². The summed E-state index contributed by atoms with van der Waals surface area (Å²) in [7, 11) is 0. The molecule has 1 unspecified atom stereocenters. The standard InChI is InChI=1S/C19H24N4O5/c24-17(12-19(25)26)20-8-3-11-27-14-5-6-15(21-13-14)16-7-9-22-23(16)18-4-1-2-10-28-18/h5-7,9,13,18H,1-4,8,10-12H2,(H,20,24)(H,25,26). The molecule has 0 aromatic carbocycles. The van der Waals surface area contributed by atoms with E-state index in [-0.39, 0.29) is 6.23 Å². The van der Waals surface area contributed by atoms with E-state index >= 15 is 0 Å². The first-order valence-corrected chi connectivity index (χ1v) is 9.36. The Kier molecular flexibility index (Phi) is 6.96. The van der Waals surface area contributed by atoms with Gasteiger partial charge in [0.05, 0.1) is 24.2 Å². The van der Waals surface area contributed by atoms with E-state index in [1.54, 1.807) is 12.4 Å². The van der Waals surface area contributed by atoms with E-state index in [4.69, 9.17) is 14.6 Å². The molecule has 0 aliphatic carbocycles. The Morgan fingerprint density at radius 3 is 2.93 bits per heavy atom. The summed E-state index contributed by atoms with van der Waals surface area (Å²) in [6.45, 7) is 1.50. The number of hydrogen-bond donors (Lipinski definition) is 2. The number of nitrogens with zero attached hydrogens (tertiary/aromatic N) is 3. The van der Waals surface area contributed by atoms with Gasteiger partial charge in [-0.2, -0.15) is 5.10 Å². The fourth-order valence-corrected chi connectivity index (χ4v) is 2.97. The van der Waals surface area contributed by atoms with Crippen molar-refractivity contribution in [1.29, 1.82) is 0 Å². The lowest BCUT2D eigenvalue weighted by Crippen LogP contribution is -2.27. The highest BCUT2D eigenvalue weighted by atomic mass is 16.5. The van der Waals surface area contributed by atoms with Gasteiger partial charge in [-0.1, -0.05) is 0 Å². The van der Waals surface area contributed by atoms with Gasteiger partial charge in [-0.05, 0) is 43.9 Å². The highest BCUT2D eigenvalue weighted by Gasteiger charge is 2.20. The quantitative estimate of drug-likeness (QED) is 0.499. The lowest BCUT2D eigenvalue weighted by Gasteiger charge is -2.24. The van der Waals surface area contributed by atoms with Gasteiger partial charge in [-0.3, -0.25) is 14.6 Å². The van der Waals surface area contributed by atoms with Gasteiger partial charge in [0.25, 0.3) is 0 Å². The van der Waals surface area contributed by atoms with Crippen molar-refractivity contribution in [3.05, 3.63) is 30.6 Å². The zero-order chi connectivity index (χ0) is 19.8. The zero-order valence-corrected chi connectivity index (χ0v) is 15.5. The maximum absolute atomic E-state index is 11.2. The first kappa shape index (κ1) is 19.8. The number of ether oxygens (including phenoxy) is 2. The number of aliphatic carboxylic acids is 1. The van der Waals surface area contributed by atoms with Crippen molar-refractivity contribution in [3.63, 3.8) is 0 Å². The van der Waals surface area contributed by atoms with Crippen LogP contribution in [-0.4, -0.2) is 51.5 Å². The Balaban J connectivity index is 1.47. The number of nitrogens with one attached hydrogen (secondary N) is 1. The maximum Gasteiger partial charge on any atom is 0.312 e. The van der Waals surface area contributed by atoms with Crippen molar-refractivity contribution < 1.29 is 24.2 Å². The fourth-order valence-electron chi connectivity index (χ4n) is 2.97.